The summed E-state index contributed by atoms with van der Waals surface area (Å²) in [6.45, 7) is 0. The lowest BCUT2D eigenvalue weighted by atomic mass is 10.0. The number of nitro benzene ring substituents is 1. The number of hydrogen-bond donors (Lipinski definition) is 0. The quantitative estimate of drug-likeness (QED) is 0.251. The first-order valence-corrected chi connectivity index (χ1v) is 10.2. The molecule has 0 N–H and O–H groups in total. The van der Waals surface area contributed by atoms with Gasteiger partial charge in [0.05, 0.1) is 21.7 Å². The van der Waals surface area contributed by atoms with Gasteiger partial charge in [-0.15, -0.1) is 10.2 Å². The average Bonchev–Trinajstić information content (AvgIpc) is 3.27. The molecule has 150 valence electrons. The van der Waals surface area contributed by atoms with Crippen LogP contribution >= 0.6 is 11.8 Å². The van der Waals surface area contributed by atoms with Crippen molar-refractivity contribution in [3.8, 4) is 22.7 Å². The molecule has 5 aromatic rings. The van der Waals surface area contributed by atoms with Gasteiger partial charge in [0, 0.05) is 28.0 Å². The van der Waals surface area contributed by atoms with E-state index in [4.69, 9.17) is 9.40 Å². The standard InChI is InChI=1S/C23H14N4O3S/c28-27(29)16-10-12-17(13-11-16)31-23-26-25-22(30-23)19-14-21(15-6-2-1-3-7-15)24-20-9-5-4-8-18(19)20/h1-14H. The first-order valence-electron chi connectivity index (χ1n) is 9.39. The molecule has 0 spiro atoms. The van der Waals surface area contributed by atoms with Crippen molar-refractivity contribution in [3.05, 3.63) is 95.0 Å². The maximum absolute atomic E-state index is 10.8. The SMILES string of the molecule is O=[N+]([O-])c1ccc(Sc2nnc(-c3cc(-c4ccccc4)nc4ccccc34)o2)cc1. The molecule has 0 fully saturated rings. The zero-order valence-corrected chi connectivity index (χ0v) is 16.8. The van der Waals surface area contributed by atoms with E-state index in [1.165, 1.54) is 23.9 Å². The summed E-state index contributed by atoms with van der Waals surface area (Å²) in [4.78, 5) is 15.9. The number of aromatic nitrogens is 3. The van der Waals surface area contributed by atoms with Crippen LogP contribution in [0.3, 0.4) is 0 Å². The van der Waals surface area contributed by atoms with Crippen molar-refractivity contribution in [2.24, 2.45) is 0 Å². The lowest BCUT2D eigenvalue weighted by molar-refractivity contribution is -0.384. The van der Waals surface area contributed by atoms with Crippen LogP contribution in [0.4, 0.5) is 5.69 Å². The fourth-order valence-corrected chi connectivity index (χ4v) is 3.88. The fourth-order valence-electron chi connectivity index (χ4n) is 3.21. The van der Waals surface area contributed by atoms with Crippen molar-refractivity contribution >= 4 is 28.4 Å². The Bertz CT molecular complexity index is 1390. The molecule has 2 heterocycles. The third-order valence-electron chi connectivity index (χ3n) is 4.68. The first kappa shape index (κ1) is 19.0. The Balaban J connectivity index is 1.52. The maximum atomic E-state index is 10.8. The molecule has 5 rings (SSSR count). The van der Waals surface area contributed by atoms with Crippen molar-refractivity contribution in [1.82, 2.24) is 15.2 Å². The Morgan fingerprint density at radius 3 is 2.39 bits per heavy atom. The van der Waals surface area contributed by atoms with Gasteiger partial charge in [-0.25, -0.2) is 4.98 Å². The molecule has 0 aliphatic rings. The number of benzene rings is 3. The van der Waals surface area contributed by atoms with Crippen molar-refractivity contribution in [1.29, 1.82) is 0 Å². The van der Waals surface area contributed by atoms with Crippen molar-refractivity contribution < 1.29 is 9.34 Å². The van der Waals surface area contributed by atoms with Gasteiger partial charge in [0.15, 0.2) is 0 Å². The summed E-state index contributed by atoms with van der Waals surface area (Å²) in [5.74, 6) is 0.389. The molecule has 2 aromatic heterocycles. The van der Waals surface area contributed by atoms with Crippen molar-refractivity contribution in [2.45, 2.75) is 10.1 Å². The lowest BCUT2D eigenvalue weighted by Gasteiger charge is -2.07. The number of nitrogens with zero attached hydrogens (tertiary/aromatic N) is 4. The Morgan fingerprint density at radius 1 is 0.871 bits per heavy atom. The molecule has 0 unspecified atom stereocenters. The molecule has 8 heteroatoms. The summed E-state index contributed by atoms with van der Waals surface area (Å²) in [7, 11) is 0. The normalized spacial score (nSPS) is 11.0. The summed E-state index contributed by atoms with van der Waals surface area (Å²) in [5.41, 5.74) is 3.48. The highest BCUT2D eigenvalue weighted by molar-refractivity contribution is 7.99. The van der Waals surface area contributed by atoms with Gasteiger partial charge in [0.2, 0.25) is 5.89 Å². The monoisotopic (exact) mass is 426 g/mol. The third kappa shape index (κ3) is 3.88. The number of pyridine rings is 1. The van der Waals surface area contributed by atoms with Crippen molar-refractivity contribution in [3.63, 3.8) is 0 Å². The molecule has 0 saturated carbocycles. The first-order chi connectivity index (χ1) is 15.2. The minimum Gasteiger partial charge on any atom is -0.411 e. The minimum absolute atomic E-state index is 0.0345. The highest BCUT2D eigenvalue weighted by Gasteiger charge is 2.16. The molecule has 31 heavy (non-hydrogen) atoms. The van der Waals surface area contributed by atoms with Crippen LogP contribution in [0.25, 0.3) is 33.6 Å². The predicted molar refractivity (Wildman–Crippen MR) is 118 cm³/mol. The van der Waals surface area contributed by atoms with Crippen LogP contribution in [0.2, 0.25) is 0 Å². The van der Waals surface area contributed by atoms with E-state index in [2.05, 4.69) is 10.2 Å². The molecule has 0 aliphatic heterocycles. The smallest absolute Gasteiger partial charge is 0.281 e. The van der Waals surface area contributed by atoms with E-state index in [-0.39, 0.29) is 5.69 Å². The summed E-state index contributed by atoms with van der Waals surface area (Å²) in [5, 5.41) is 20.5. The molecule has 3 aromatic carbocycles. The molecule has 0 saturated heterocycles. The van der Waals surface area contributed by atoms with Crippen LogP contribution in [0.1, 0.15) is 0 Å². The number of rotatable bonds is 5. The number of fused-ring (bicyclic) bond motifs is 1. The molecule has 0 bridgehead atoms. The van der Waals surface area contributed by atoms with E-state index in [9.17, 15) is 10.1 Å². The molecule has 0 aliphatic carbocycles. The molecular formula is C23H14N4O3S. The summed E-state index contributed by atoms with van der Waals surface area (Å²) in [6.07, 6.45) is 0. The number of hydrogen-bond acceptors (Lipinski definition) is 7. The minimum atomic E-state index is -0.432. The molecule has 0 atom stereocenters. The van der Waals surface area contributed by atoms with Crippen LogP contribution in [-0.4, -0.2) is 20.1 Å². The Hall–Kier alpha value is -4.04. The van der Waals surface area contributed by atoms with Gasteiger partial charge in [-0.2, -0.15) is 0 Å². The van der Waals surface area contributed by atoms with Crippen LogP contribution < -0.4 is 0 Å². The highest BCUT2D eigenvalue weighted by Crippen LogP contribution is 2.34. The Morgan fingerprint density at radius 2 is 1.61 bits per heavy atom. The number of nitro groups is 1. The van der Waals surface area contributed by atoms with Gasteiger partial charge < -0.3 is 4.42 Å². The average molecular weight is 426 g/mol. The predicted octanol–water partition coefficient (Wildman–Crippen LogP) is 6.01. The summed E-state index contributed by atoms with van der Waals surface area (Å²) >= 11 is 1.25. The lowest BCUT2D eigenvalue weighted by Crippen LogP contribution is -1.89. The van der Waals surface area contributed by atoms with Gasteiger partial charge in [0.25, 0.3) is 10.9 Å². The van der Waals surface area contributed by atoms with E-state index < -0.39 is 4.92 Å². The molecule has 0 radical (unpaired) electrons. The van der Waals surface area contributed by atoms with Gasteiger partial charge >= 0.3 is 0 Å². The molecule has 7 nitrogen and oxygen atoms in total. The van der Waals surface area contributed by atoms with Crippen LogP contribution in [0, 0.1) is 10.1 Å². The highest BCUT2D eigenvalue weighted by atomic mass is 32.2. The Labute approximate surface area is 180 Å². The van der Waals surface area contributed by atoms with Crippen LogP contribution in [0.5, 0.6) is 0 Å². The van der Waals surface area contributed by atoms with E-state index in [0.717, 1.165) is 32.6 Å². The second kappa shape index (κ2) is 8.00. The zero-order chi connectivity index (χ0) is 21.2. The topological polar surface area (TPSA) is 95.0 Å². The second-order valence-electron chi connectivity index (χ2n) is 6.66. The molecular weight excluding hydrogens is 412 g/mol. The van der Waals surface area contributed by atoms with Crippen LogP contribution in [-0.2, 0) is 0 Å². The van der Waals surface area contributed by atoms with Gasteiger partial charge in [0.1, 0.15) is 0 Å². The zero-order valence-electron chi connectivity index (χ0n) is 16.0. The van der Waals surface area contributed by atoms with Crippen LogP contribution in [0.15, 0.2) is 99.5 Å². The van der Waals surface area contributed by atoms with Crippen molar-refractivity contribution in [2.75, 3.05) is 0 Å². The van der Waals surface area contributed by atoms with Gasteiger partial charge in [-0.05, 0) is 36.0 Å². The van der Waals surface area contributed by atoms with E-state index in [1.54, 1.807) is 12.1 Å². The fraction of sp³-hybridized carbons (Fsp3) is 0. The number of para-hydroxylation sites is 1. The largest absolute Gasteiger partial charge is 0.411 e. The second-order valence-corrected chi connectivity index (χ2v) is 7.69. The Kier molecular flexibility index (Phi) is 4.89. The van der Waals surface area contributed by atoms with Gasteiger partial charge in [-0.3, -0.25) is 10.1 Å². The maximum Gasteiger partial charge on any atom is 0.281 e. The van der Waals surface area contributed by atoms with E-state index >= 15 is 0 Å². The summed E-state index contributed by atoms with van der Waals surface area (Å²) < 4.78 is 5.93. The third-order valence-corrected chi connectivity index (χ3v) is 5.52. The summed E-state index contributed by atoms with van der Waals surface area (Å²) in [6, 6.07) is 25.9. The van der Waals surface area contributed by atoms with E-state index in [0.29, 0.717) is 11.1 Å². The van der Waals surface area contributed by atoms with E-state index in [1.807, 2.05) is 60.7 Å². The number of non-ortho nitro benzene ring substituents is 1. The van der Waals surface area contributed by atoms with Gasteiger partial charge in [-0.1, -0.05) is 48.5 Å². The molecule has 0 amide bonds.